The summed E-state index contributed by atoms with van der Waals surface area (Å²) in [5, 5.41) is 6.26. The number of carbonyl (C=O) groups is 2. The number of halogens is 1. The van der Waals surface area contributed by atoms with E-state index in [1.54, 1.807) is 24.3 Å². The highest BCUT2D eigenvalue weighted by atomic mass is 35.5. The molecule has 4 nitrogen and oxygen atoms in total. The lowest BCUT2D eigenvalue weighted by Gasteiger charge is -2.08. The summed E-state index contributed by atoms with van der Waals surface area (Å²) < 4.78 is 0. The molecule has 0 aromatic heterocycles. The molecular formula is C19H21ClN2O2. The molecule has 0 spiro atoms. The van der Waals surface area contributed by atoms with Gasteiger partial charge in [-0.25, -0.2) is 0 Å². The van der Waals surface area contributed by atoms with Crippen LogP contribution in [0.4, 0.5) is 5.69 Å². The van der Waals surface area contributed by atoms with E-state index in [9.17, 15) is 9.59 Å². The van der Waals surface area contributed by atoms with Gasteiger partial charge in [-0.05, 0) is 54.8 Å². The minimum atomic E-state index is -0.164. The molecule has 0 radical (unpaired) electrons. The second kappa shape index (κ2) is 9.08. The van der Waals surface area contributed by atoms with E-state index >= 15 is 0 Å². The van der Waals surface area contributed by atoms with Crippen molar-refractivity contribution in [3.63, 3.8) is 0 Å². The van der Waals surface area contributed by atoms with Crippen molar-refractivity contribution in [3.8, 4) is 0 Å². The number of nitrogens with one attached hydrogen (secondary N) is 2. The molecule has 0 aliphatic rings. The highest BCUT2D eigenvalue weighted by Crippen LogP contribution is 2.12. The number of carbonyl (C=O) groups excluding carboxylic acids is 2. The van der Waals surface area contributed by atoms with Crippen LogP contribution in [0.5, 0.6) is 0 Å². The Morgan fingerprint density at radius 3 is 2.54 bits per heavy atom. The number of amides is 2. The van der Waals surface area contributed by atoms with Crippen molar-refractivity contribution < 1.29 is 9.59 Å². The van der Waals surface area contributed by atoms with Crippen molar-refractivity contribution in [1.82, 2.24) is 5.32 Å². The first-order valence-electron chi connectivity index (χ1n) is 8.01. The lowest BCUT2D eigenvalue weighted by Crippen LogP contribution is -2.25. The fraction of sp³-hybridized carbons (Fsp3) is 0.263. The minimum Gasteiger partial charge on any atom is -0.352 e. The van der Waals surface area contributed by atoms with Gasteiger partial charge >= 0.3 is 0 Å². The Labute approximate surface area is 147 Å². The van der Waals surface area contributed by atoms with E-state index in [4.69, 9.17) is 11.6 Å². The monoisotopic (exact) mass is 344 g/mol. The molecule has 2 amide bonds. The fourth-order valence-corrected chi connectivity index (χ4v) is 2.37. The number of hydrogen-bond acceptors (Lipinski definition) is 2. The number of rotatable bonds is 7. The van der Waals surface area contributed by atoms with Crippen LogP contribution in [0.15, 0.2) is 48.5 Å². The molecule has 2 N–H and O–H groups in total. The van der Waals surface area contributed by atoms with Gasteiger partial charge < -0.3 is 10.6 Å². The van der Waals surface area contributed by atoms with Gasteiger partial charge in [-0.1, -0.05) is 30.7 Å². The summed E-state index contributed by atoms with van der Waals surface area (Å²) in [6.45, 7) is 2.52. The van der Waals surface area contributed by atoms with Crippen molar-refractivity contribution in [3.05, 3.63) is 64.7 Å². The predicted octanol–water partition coefficient (Wildman–Crippen LogP) is 4.05. The summed E-state index contributed by atoms with van der Waals surface area (Å²) in [6, 6.07) is 14.5. The van der Waals surface area contributed by atoms with Gasteiger partial charge in [0.2, 0.25) is 5.91 Å². The van der Waals surface area contributed by atoms with Crippen LogP contribution in [0.2, 0.25) is 5.02 Å². The van der Waals surface area contributed by atoms with Gasteiger partial charge in [0.1, 0.15) is 0 Å². The number of benzene rings is 2. The lowest BCUT2D eigenvalue weighted by atomic mass is 10.1. The maximum Gasteiger partial charge on any atom is 0.251 e. The van der Waals surface area contributed by atoms with Crippen molar-refractivity contribution >= 4 is 29.1 Å². The molecule has 24 heavy (non-hydrogen) atoms. The second-order valence-corrected chi connectivity index (χ2v) is 5.90. The average Bonchev–Trinajstić information content (AvgIpc) is 2.59. The standard InChI is InChI=1S/C19H21ClN2O2/c1-2-14-5-3-6-17(13-14)22-18(23)7-4-12-21-19(24)15-8-10-16(20)11-9-15/h3,5-6,8-11,13H,2,4,7,12H2,1H3,(H,21,24)(H,22,23). The van der Waals surface area contributed by atoms with Gasteiger partial charge in [-0.2, -0.15) is 0 Å². The van der Waals surface area contributed by atoms with E-state index in [0.717, 1.165) is 12.1 Å². The molecule has 2 rings (SSSR count). The average molecular weight is 345 g/mol. The Morgan fingerprint density at radius 1 is 1.08 bits per heavy atom. The zero-order valence-corrected chi connectivity index (χ0v) is 14.4. The van der Waals surface area contributed by atoms with Crippen LogP contribution in [0, 0.1) is 0 Å². The lowest BCUT2D eigenvalue weighted by molar-refractivity contribution is -0.116. The third kappa shape index (κ3) is 5.70. The summed E-state index contributed by atoms with van der Waals surface area (Å²) >= 11 is 5.79. The van der Waals surface area contributed by atoms with Gasteiger partial charge in [0.05, 0.1) is 0 Å². The number of aryl methyl sites for hydroxylation is 1. The molecule has 0 unspecified atom stereocenters. The molecule has 0 bridgehead atoms. The van der Waals surface area contributed by atoms with Crippen LogP contribution < -0.4 is 10.6 Å². The van der Waals surface area contributed by atoms with Crippen LogP contribution >= 0.6 is 11.6 Å². The molecule has 0 saturated heterocycles. The van der Waals surface area contributed by atoms with E-state index in [1.165, 1.54) is 5.56 Å². The molecule has 0 aliphatic heterocycles. The van der Waals surface area contributed by atoms with Gasteiger partial charge in [-0.3, -0.25) is 9.59 Å². The molecule has 0 saturated carbocycles. The first-order chi connectivity index (χ1) is 11.6. The van der Waals surface area contributed by atoms with Crippen molar-refractivity contribution in [1.29, 1.82) is 0 Å². The Balaban J connectivity index is 1.70. The highest BCUT2D eigenvalue weighted by Gasteiger charge is 2.06. The fourth-order valence-electron chi connectivity index (χ4n) is 2.25. The molecule has 126 valence electrons. The SMILES string of the molecule is CCc1cccc(NC(=O)CCCNC(=O)c2ccc(Cl)cc2)c1. The number of hydrogen-bond donors (Lipinski definition) is 2. The summed E-state index contributed by atoms with van der Waals surface area (Å²) in [5.74, 6) is -0.216. The van der Waals surface area contributed by atoms with E-state index in [1.807, 2.05) is 24.3 Å². The summed E-state index contributed by atoms with van der Waals surface area (Å²) in [5.41, 5.74) is 2.55. The molecule has 5 heteroatoms. The van der Waals surface area contributed by atoms with E-state index < -0.39 is 0 Å². The van der Waals surface area contributed by atoms with Crippen molar-refractivity contribution in [2.45, 2.75) is 26.2 Å². The smallest absolute Gasteiger partial charge is 0.251 e. The third-order valence-electron chi connectivity index (χ3n) is 3.59. The maximum atomic E-state index is 11.9. The molecule has 0 aliphatic carbocycles. The van der Waals surface area contributed by atoms with Gasteiger partial charge in [0.15, 0.2) is 0 Å². The first-order valence-corrected chi connectivity index (χ1v) is 8.39. The highest BCUT2D eigenvalue weighted by molar-refractivity contribution is 6.30. The van der Waals surface area contributed by atoms with Crippen molar-refractivity contribution in [2.24, 2.45) is 0 Å². The maximum absolute atomic E-state index is 11.9. The van der Waals surface area contributed by atoms with Crippen LogP contribution in [0.1, 0.15) is 35.7 Å². The quantitative estimate of drug-likeness (QED) is 0.744. The van der Waals surface area contributed by atoms with Crippen molar-refractivity contribution in [2.75, 3.05) is 11.9 Å². The Hall–Kier alpha value is -2.33. The van der Waals surface area contributed by atoms with Gasteiger partial charge in [0.25, 0.3) is 5.91 Å². The van der Waals surface area contributed by atoms with Crippen LogP contribution in [0.3, 0.4) is 0 Å². The third-order valence-corrected chi connectivity index (χ3v) is 3.84. The first kappa shape index (κ1) is 18.0. The summed E-state index contributed by atoms with van der Waals surface area (Å²) in [7, 11) is 0. The van der Waals surface area contributed by atoms with E-state index in [-0.39, 0.29) is 11.8 Å². The number of anilines is 1. The topological polar surface area (TPSA) is 58.2 Å². The molecule has 0 heterocycles. The molecule has 2 aromatic carbocycles. The molecular weight excluding hydrogens is 324 g/mol. The zero-order chi connectivity index (χ0) is 17.4. The summed E-state index contributed by atoms with van der Waals surface area (Å²) in [6.07, 6.45) is 1.87. The Morgan fingerprint density at radius 2 is 1.83 bits per heavy atom. The second-order valence-electron chi connectivity index (χ2n) is 5.47. The normalized spacial score (nSPS) is 10.2. The molecule has 0 fully saturated rings. The van der Waals surface area contributed by atoms with E-state index in [0.29, 0.717) is 30.0 Å². The van der Waals surface area contributed by atoms with Crippen LogP contribution in [-0.2, 0) is 11.2 Å². The van der Waals surface area contributed by atoms with Crippen LogP contribution in [-0.4, -0.2) is 18.4 Å². The largest absolute Gasteiger partial charge is 0.352 e. The Kier molecular flexibility index (Phi) is 6.82. The minimum absolute atomic E-state index is 0.0519. The van der Waals surface area contributed by atoms with Gasteiger partial charge in [0, 0.05) is 29.2 Å². The van der Waals surface area contributed by atoms with E-state index in [2.05, 4.69) is 17.6 Å². The zero-order valence-electron chi connectivity index (χ0n) is 13.6. The van der Waals surface area contributed by atoms with Crippen LogP contribution in [0.25, 0.3) is 0 Å². The van der Waals surface area contributed by atoms with Gasteiger partial charge in [-0.15, -0.1) is 0 Å². The predicted molar refractivity (Wildman–Crippen MR) is 97.5 cm³/mol. The molecule has 0 atom stereocenters. The molecule has 2 aromatic rings. The summed E-state index contributed by atoms with van der Waals surface area (Å²) in [4.78, 5) is 23.8. The Bertz CT molecular complexity index is 699.